The number of piperidine rings is 1. The number of carbonyl (C=O) groups is 1. The molecule has 0 aromatic heterocycles. The van der Waals surface area contributed by atoms with Gasteiger partial charge in [0.05, 0.1) is 25.7 Å². The van der Waals surface area contributed by atoms with Crippen molar-refractivity contribution in [1.29, 1.82) is 0 Å². The van der Waals surface area contributed by atoms with E-state index in [-0.39, 0.29) is 12.0 Å². The van der Waals surface area contributed by atoms with Gasteiger partial charge in [0.1, 0.15) is 0 Å². The fraction of sp³-hybridized carbons (Fsp3) is 0.929. The Hall–Kier alpha value is -0.610. The minimum atomic E-state index is 0.244. The van der Waals surface area contributed by atoms with E-state index < -0.39 is 0 Å². The molecule has 104 valence electrons. The highest BCUT2D eigenvalue weighted by atomic mass is 16.5. The van der Waals surface area contributed by atoms with Gasteiger partial charge in [-0.3, -0.25) is 4.79 Å². The maximum Gasteiger partial charge on any atom is 0.224 e. The van der Waals surface area contributed by atoms with Gasteiger partial charge in [-0.25, -0.2) is 0 Å². The summed E-state index contributed by atoms with van der Waals surface area (Å²) in [5.74, 6) is 0.893. The van der Waals surface area contributed by atoms with Crippen molar-refractivity contribution in [2.45, 2.75) is 45.1 Å². The maximum absolute atomic E-state index is 12.0. The summed E-state index contributed by atoms with van der Waals surface area (Å²) in [6, 6.07) is 0. The SMILES string of the molecule is CC1CCCN(C(=O)CCOCC2CCCO2)C1. The summed E-state index contributed by atoms with van der Waals surface area (Å²) >= 11 is 0. The van der Waals surface area contributed by atoms with Crippen LogP contribution in [0.3, 0.4) is 0 Å². The van der Waals surface area contributed by atoms with E-state index in [1.54, 1.807) is 0 Å². The first-order valence-corrected chi connectivity index (χ1v) is 7.23. The van der Waals surface area contributed by atoms with Crippen molar-refractivity contribution in [1.82, 2.24) is 4.90 Å². The molecule has 4 nitrogen and oxygen atoms in total. The Morgan fingerprint density at radius 2 is 2.28 bits per heavy atom. The van der Waals surface area contributed by atoms with E-state index >= 15 is 0 Å². The van der Waals surface area contributed by atoms with Gasteiger partial charge >= 0.3 is 0 Å². The number of hydrogen-bond acceptors (Lipinski definition) is 3. The molecule has 0 aromatic carbocycles. The van der Waals surface area contributed by atoms with Crippen LogP contribution in [0.4, 0.5) is 0 Å². The Morgan fingerprint density at radius 3 is 3.00 bits per heavy atom. The molecule has 0 radical (unpaired) electrons. The van der Waals surface area contributed by atoms with Gasteiger partial charge in [0.2, 0.25) is 5.91 Å². The first-order chi connectivity index (χ1) is 8.75. The predicted octanol–water partition coefficient (Wildman–Crippen LogP) is 1.83. The van der Waals surface area contributed by atoms with Crippen LogP contribution in [-0.4, -0.2) is 49.8 Å². The molecule has 2 aliphatic heterocycles. The maximum atomic E-state index is 12.0. The molecule has 1 amide bonds. The summed E-state index contributed by atoms with van der Waals surface area (Å²) in [5.41, 5.74) is 0. The smallest absolute Gasteiger partial charge is 0.224 e. The summed E-state index contributed by atoms with van der Waals surface area (Å²) in [5, 5.41) is 0. The minimum absolute atomic E-state index is 0.244. The van der Waals surface area contributed by atoms with E-state index in [2.05, 4.69) is 6.92 Å². The summed E-state index contributed by atoms with van der Waals surface area (Å²) in [6.07, 6.45) is 5.40. The number of hydrogen-bond donors (Lipinski definition) is 0. The topological polar surface area (TPSA) is 38.8 Å². The van der Waals surface area contributed by atoms with Gasteiger partial charge in [-0.2, -0.15) is 0 Å². The molecule has 0 aliphatic carbocycles. The second-order valence-electron chi connectivity index (χ2n) is 5.55. The number of likely N-dealkylation sites (tertiary alicyclic amines) is 1. The molecule has 2 rings (SSSR count). The Labute approximate surface area is 110 Å². The summed E-state index contributed by atoms with van der Waals surface area (Å²) in [6.45, 7) is 6.10. The van der Waals surface area contributed by atoms with Gasteiger partial charge in [-0.05, 0) is 31.6 Å². The van der Waals surface area contributed by atoms with Crippen LogP contribution in [0.1, 0.15) is 39.0 Å². The molecule has 2 atom stereocenters. The second-order valence-corrected chi connectivity index (χ2v) is 5.55. The van der Waals surface area contributed by atoms with Crippen molar-refractivity contribution in [2.24, 2.45) is 5.92 Å². The zero-order chi connectivity index (χ0) is 12.8. The Kier molecular flexibility index (Phi) is 5.45. The minimum Gasteiger partial charge on any atom is -0.378 e. The number of rotatable bonds is 5. The molecular formula is C14H25NO3. The molecule has 0 saturated carbocycles. The lowest BCUT2D eigenvalue weighted by Gasteiger charge is -2.31. The Balaban J connectivity index is 1.56. The molecule has 0 bridgehead atoms. The van der Waals surface area contributed by atoms with Crippen LogP contribution in [0, 0.1) is 5.92 Å². The number of ether oxygens (including phenoxy) is 2. The average Bonchev–Trinajstić information content (AvgIpc) is 2.87. The van der Waals surface area contributed by atoms with Crippen LogP contribution in [0.15, 0.2) is 0 Å². The third-order valence-corrected chi connectivity index (χ3v) is 3.80. The lowest BCUT2D eigenvalue weighted by Crippen LogP contribution is -2.39. The van der Waals surface area contributed by atoms with Gasteiger partial charge in [-0.1, -0.05) is 6.92 Å². The number of amides is 1. The largest absolute Gasteiger partial charge is 0.378 e. The van der Waals surface area contributed by atoms with Gasteiger partial charge in [0.15, 0.2) is 0 Å². The van der Waals surface area contributed by atoms with Crippen molar-refractivity contribution in [3.63, 3.8) is 0 Å². The van der Waals surface area contributed by atoms with Crippen molar-refractivity contribution in [2.75, 3.05) is 32.9 Å². The van der Waals surface area contributed by atoms with Crippen molar-refractivity contribution >= 4 is 5.91 Å². The molecule has 18 heavy (non-hydrogen) atoms. The lowest BCUT2D eigenvalue weighted by molar-refractivity contribution is -0.134. The molecule has 2 unspecified atom stereocenters. The molecule has 2 aliphatic rings. The molecule has 0 spiro atoms. The molecule has 2 saturated heterocycles. The third kappa shape index (κ3) is 4.25. The molecule has 0 N–H and O–H groups in total. The highest BCUT2D eigenvalue weighted by Crippen LogP contribution is 2.16. The monoisotopic (exact) mass is 255 g/mol. The van der Waals surface area contributed by atoms with Crippen LogP contribution >= 0.6 is 0 Å². The quantitative estimate of drug-likeness (QED) is 0.704. The van der Waals surface area contributed by atoms with E-state index in [1.807, 2.05) is 4.90 Å². The zero-order valence-electron chi connectivity index (χ0n) is 11.4. The standard InChI is InChI=1S/C14H25NO3/c1-12-4-2-7-15(10-12)14(16)6-9-17-11-13-5-3-8-18-13/h12-13H,2-11H2,1H3. The Bertz CT molecular complexity index is 264. The summed E-state index contributed by atoms with van der Waals surface area (Å²) < 4.78 is 11.0. The fourth-order valence-electron chi connectivity index (χ4n) is 2.72. The Morgan fingerprint density at radius 1 is 1.39 bits per heavy atom. The van der Waals surface area contributed by atoms with Gasteiger partial charge in [0.25, 0.3) is 0 Å². The average molecular weight is 255 g/mol. The zero-order valence-corrected chi connectivity index (χ0v) is 11.4. The van der Waals surface area contributed by atoms with E-state index in [9.17, 15) is 4.79 Å². The van der Waals surface area contributed by atoms with Crippen LogP contribution in [-0.2, 0) is 14.3 Å². The molecule has 0 aromatic rings. The normalized spacial score (nSPS) is 28.6. The van der Waals surface area contributed by atoms with Crippen molar-refractivity contribution < 1.29 is 14.3 Å². The van der Waals surface area contributed by atoms with Crippen LogP contribution in [0.25, 0.3) is 0 Å². The lowest BCUT2D eigenvalue weighted by atomic mass is 10.0. The van der Waals surface area contributed by atoms with Crippen LogP contribution in [0.2, 0.25) is 0 Å². The van der Waals surface area contributed by atoms with Crippen LogP contribution in [0.5, 0.6) is 0 Å². The highest BCUT2D eigenvalue weighted by Gasteiger charge is 2.21. The molecule has 2 fully saturated rings. The van der Waals surface area contributed by atoms with Crippen molar-refractivity contribution in [3.8, 4) is 0 Å². The third-order valence-electron chi connectivity index (χ3n) is 3.80. The van der Waals surface area contributed by atoms with Crippen LogP contribution < -0.4 is 0 Å². The van der Waals surface area contributed by atoms with Gasteiger partial charge in [-0.15, -0.1) is 0 Å². The van der Waals surface area contributed by atoms with Crippen molar-refractivity contribution in [3.05, 3.63) is 0 Å². The van der Waals surface area contributed by atoms with E-state index in [0.717, 1.165) is 39.0 Å². The summed E-state index contributed by atoms with van der Waals surface area (Å²) in [4.78, 5) is 13.9. The summed E-state index contributed by atoms with van der Waals surface area (Å²) in [7, 11) is 0. The van der Waals surface area contributed by atoms with Gasteiger partial charge in [0, 0.05) is 19.7 Å². The predicted molar refractivity (Wildman–Crippen MR) is 69.4 cm³/mol. The van der Waals surface area contributed by atoms with Gasteiger partial charge < -0.3 is 14.4 Å². The first-order valence-electron chi connectivity index (χ1n) is 7.23. The van der Waals surface area contributed by atoms with E-state index in [1.165, 1.54) is 6.42 Å². The number of carbonyl (C=O) groups excluding carboxylic acids is 1. The second kappa shape index (κ2) is 7.10. The van der Waals surface area contributed by atoms with E-state index in [4.69, 9.17) is 9.47 Å². The molecule has 2 heterocycles. The molecular weight excluding hydrogens is 230 g/mol. The highest BCUT2D eigenvalue weighted by molar-refractivity contribution is 5.76. The fourth-order valence-corrected chi connectivity index (χ4v) is 2.72. The first kappa shape index (κ1) is 13.8. The van der Waals surface area contributed by atoms with E-state index in [0.29, 0.717) is 25.6 Å². The molecule has 4 heteroatoms. The number of nitrogens with zero attached hydrogens (tertiary/aromatic N) is 1.